The van der Waals surface area contributed by atoms with Crippen LogP contribution in [0.25, 0.3) is 0 Å². The molecule has 32 heavy (non-hydrogen) atoms. The van der Waals surface area contributed by atoms with Gasteiger partial charge in [-0.25, -0.2) is 0 Å². The molecule has 0 bridgehead atoms. The zero-order valence-corrected chi connectivity index (χ0v) is 17.6. The van der Waals surface area contributed by atoms with E-state index in [2.05, 4.69) is 10.2 Å². The standard InChI is InChI=1S/C22H26F6N2O2/c23-21(24,25)17-11-15(19(13-31-17)7-3-1-4-8-19)29-30-16-12-18(22(26,27)28)32-14-20(16)9-5-2-6-10-20/h11-12H,1-10,13-14H2/b29-15-,30-16+. The van der Waals surface area contributed by atoms with Gasteiger partial charge in [0.25, 0.3) is 0 Å². The highest BCUT2D eigenvalue weighted by Gasteiger charge is 2.48. The van der Waals surface area contributed by atoms with Crippen molar-refractivity contribution in [2.45, 2.75) is 76.6 Å². The van der Waals surface area contributed by atoms with Crippen LogP contribution in [-0.2, 0) is 9.47 Å². The molecular formula is C22H26F6N2O2. The second-order valence-corrected chi connectivity index (χ2v) is 9.24. The third kappa shape index (κ3) is 4.55. The molecule has 2 aliphatic carbocycles. The lowest BCUT2D eigenvalue weighted by molar-refractivity contribution is -0.138. The fourth-order valence-corrected chi connectivity index (χ4v) is 5.18. The molecule has 10 heteroatoms. The van der Waals surface area contributed by atoms with Crippen molar-refractivity contribution in [3.05, 3.63) is 23.7 Å². The number of allylic oxidation sites excluding steroid dienone is 4. The molecule has 0 unspecified atom stereocenters. The van der Waals surface area contributed by atoms with Gasteiger partial charge in [-0.05, 0) is 25.7 Å². The summed E-state index contributed by atoms with van der Waals surface area (Å²) in [5.74, 6) is -2.28. The van der Waals surface area contributed by atoms with Gasteiger partial charge in [0.1, 0.15) is 0 Å². The molecule has 0 N–H and O–H groups in total. The van der Waals surface area contributed by atoms with Crippen molar-refractivity contribution in [3.63, 3.8) is 0 Å². The van der Waals surface area contributed by atoms with Crippen molar-refractivity contribution in [1.82, 2.24) is 0 Å². The fourth-order valence-electron chi connectivity index (χ4n) is 5.18. The van der Waals surface area contributed by atoms with Crippen LogP contribution in [0.15, 0.2) is 33.9 Å². The molecule has 2 fully saturated rings. The summed E-state index contributed by atoms with van der Waals surface area (Å²) in [6, 6.07) is 0. The molecule has 0 aromatic carbocycles. The van der Waals surface area contributed by atoms with E-state index < -0.39 is 34.7 Å². The predicted molar refractivity (Wildman–Crippen MR) is 106 cm³/mol. The predicted octanol–water partition coefficient (Wildman–Crippen LogP) is 6.64. The van der Waals surface area contributed by atoms with Crippen LogP contribution in [-0.4, -0.2) is 37.0 Å². The third-order valence-electron chi connectivity index (χ3n) is 7.08. The molecule has 4 nitrogen and oxygen atoms in total. The first-order valence-corrected chi connectivity index (χ1v) is 11.0. The molecule has 2 saturated carbocycles. The van der Waals surface area contributed by atoms with Crippen LogP contribution in [0, 0.1) is 10.8 Å². The normalized spacial score (nSPS) is 28.3. The van der Waals surface area contributed by atoms with E-state index in [4.69, 9.17) is 9.47 Å². The molecule has 2 spiro atoms. The first-order valence-electron chi connectivity index (χ1n) is 11.0. The second kappa shape index (κ2) is 8.41. The van der Waals surface area contributed by atoms with E-state index in [0.29, 0.717) is 25.7 Å². The van der Waals surface area contributed by atoms with Crippen LogP contribution in [0.2, 0.25) is 0 Å². The summed E-state index contributed by atoms with van der Waals surface area (Å²) in [5, 5.41) is 8.39. The number of halogens is 6. The average Bonchev–Trinajstić information content (AvgIpc) is 2.74. The number of hydrogen-bond acceptors (Lipinski definition) is 4. The van der Waals surface area contributed by atoms with E-state index in [9.17, 15) is 26.3 Å². The molecule has 4 aliphatic rings. The smallest absolute Gasteiger partial charge is 0.448 e. The number of hydrogen-bond donors (Lipinski definition) is 0. The van der Waals surface area contributed by atoms with Gasteiger partial charge in [-0.15, -0.1) is 0 Å². The lowest BCUT2D eigenvalue weighted by atomic mass is 9.70. The Hall–Kier alpha value is -2.00. The average molecular weight is 464 g/mol. The summed E-state index contributed by atoms with van der Waals surface area (Å²) in [5.41, 5.74) is -1.11. The molecule has 178 valence electrons. The highest BCUT2D eigenvalue weighted by Crippen LogP contribution is 2.46. The van der Waals surface area contributed by atoms with Gasteiger partial charge in [-0.1, -0.05) is 38.5 Å². The number of rotatable bonds is 1. The molecule has 0 radical (unpaired) electrons. The number of alkyl halides is 6. The second-order valence-electron chi connectivity index (χ2n) is 9.24. The maximum atomic E-state index is 13.3. The largest absolute Gasteiger partial charge is 0.488 e. The Kier molecular flexibility index (Phi) is 6.09. The number of nitrogens with zero attached hydrogens (tertiary/aromatic N) is 2. The third-order valence-corrected chi connectivity index (χ3v) is 7.08. The quantitative estimate of drug-likeness (QED) is 0.323. The van der Waals surface area contributed by atoms with E-state index in [-0.39, 0.29) is 24.6 Å². The monoisotopic (exact) mass is 464 g/mol. The molecular weight excluding hydrogens is 438 g/mol. The summed E-state index contributed by atoms with van der Waals surface area (Å²) in [6.07, 6.45) is 0.0734. The van der Waals surface area contributed by atoms with Crippen molar-refractivity contribution in [3.8, 4) is 0 Å². The summed E-state index contributed by atoms with van der Waals surface area (Å²) in [7, 11) is 0. The number of ether oxygens (including phenoxy) is 2. The van der Waals surface area contributed by atoms with Crippen molar-refractivity contribution < 1.29 is 35.8 Å². The summed E-state index contributed by atoms with van der Waals surface area (Å²) in [6.45, 7) is -0.306. The first kappa shape index (κ1) is 23.2. The van der Waals surface area contributed by atoms with Gasteiger partial charge in [-0.3, -0.25) is 0 Å². The molecule has 0 saturated heterocycles. The van der Waals surface area contributed by atoms with Gasteiger partial charge in [0.05, 0.1) is 24.6 Å². The van der Waals surface area contributed by atoms with Crippen LogP contribution in [0.4, 0.5) is 26.3 Å². The molecule has 2 aliphatic heterocycles. The fraction of sp³-hybridized carbons (Fsp3) is 0.727. The molecule has 0 atom stereocenters. The van der Waals surface area contributed by atoms with Gasteiger partial charge in [0.2, 0.25) is 11.5 Å². The Morgan fingerprint density at radius 2 is 0.938 bits per heavy atom. The minimum absolute atomic E-state index is 0.141. The van der Waals surface area contributed by atoms with Crippen LogP contribution in [0.1, 0.15) is 64.2 Å². The van der Waals surface area contributed by atoms with Gasteiger partial charge < -0.3 is 9.47 Å². The van der Waals surface area contributed by atoms with Gasteiger partial charge >= 0.3 is 12.4 Å². The SMILES string of the molecule is FC(F)(F)C1=C/C(=N/N=C2\C=C(C(F)(F)F)OCC23CCCCC3)C2(CCCCC2)CO1. The van der Waals surface area contributed by atoms with Crippen LogP contribution in [0.5, 0.6) is 0 Å². The molecule has 4 rings (SSSR count). The molecule has 0 aromatic rings. The molecule has 2 heterocycles. The minimum atomic E-state index is -4.67. The lowest BCUT2D eigenvalue weighted by Gasteiger charge is -2.41. The Morgan fingerprint density at radius 1 is 0.594 bits per heavy atom. The van der Waals surface area contributed by atoms with Crippen molar-refractivity contribution >= 4 is 11.4 Å². The Morgan fingerprint density at radius 3 is 1.25 bits per heavy atom. The Labute approximate surface area is 182 Å². The first-order chi connectivity index (χ1) is 15.0. The molecule has 0 aromatic heterocycles. The van der Waals surface area contributed by atoms with Gasteiger partial charge in [0.15, 0.2) is 0 Å². The minimum Gasteiger partial charge on any atom is -0.488 e. The summed E-state index contributed by atoms with van der Waals surface area (Å²) >= 11 is 0. The van der Waals surface area contributed by atoms with Crippen molar-refractivity contribution in [1.29, 1.82) is 0 Å². The summed E-state index contributed by atoms with van der Waals surface area (Å²) < 4.78 is 89.9. The van der Waals surface area contributed by atoms with Crippen LogP contribution < -0.4 is 0 Å². The Bertz CT molecular complexity index is 771. The van der Waals surface area contributed by atoms with Crippen LogP contribution in [0.3, 0.4) is 0 Å². The van der Waals surface area contributed by atoms with Gasteiger partial charge in [-0.2, -0.15) is 36.5 Å². The van der Waals surface area contributed by atoms with E-state index in [1.54, 1.807) is 0 Å². The molecule has 0 amide bonds. The van der Waals surface area contributed by atoms with Crippen LogP contribution >= 0.6 is 0 Å². The highest BCUT2D eigenvalue weighted by atomic mass is 19.4. The van der Waals surface area contributed by atoms with Gasteiger partial charge in [0, 0.05) is 23.0 Å². The summed E-state index contributed by atoms with van der Waals surface area (Å²) in [4.78, 5) is 0. The Balaban J connectivity index is 1.78. The van der Waals surface area contributed by atoms with E-state index in [1.807, 2.05) is 0 Å². The zero-order valence-electron chi connectivity index (χ0n) is 17.6. The van der Waals surface area contributed by atoms with Crippen molar-refractivity contribution in [2.75, 3.05) is 13.2 Å². The highest BCUT2D eigenvalue weighted by molar-refractivity contribution is 6.04. The topological polar surface area (TPSA) is 43.2 Å². The van der Waals surface area contributed by atoms with E-state index >= 15 is 0 Å². The van der Waals surface area contributed by atoms with E-state index in [0.717, 1.165) is 50.7 Å². The maximum Gasteiger partial charge on any atom is 0.448 e. The van der Waals surface area contributed by atoms with Crippen molar-refractivity contribution in [2.24, 2.45) is 21.0 Å². The zero-order chi connectivity index (χ0) is 23.0. The van der Waals surface area contributed by atoms with E-state index in [1.165, 1.54) is 0 Å². The maximum absolute atomic E-state index is 13.3. The lowest BCUT2D eigenvalue weighted by Crippen LogP contribution is -2.43.